The second kappa shape index (κ2) is 7.89. The summed E-state index contributed by atoms with van der Waals surface area (Å²) in [6, 6.07) is 0.0666. The molecule has 5 aliphatic carbocycles. The number of likely N-dealkylation sites (tertiary alicyclic amines) is 1. The Balaban J connectivity index is 1.10. The van der Waals surface area contributed by atoms with Gasteiger partial charge in [-0.05, 0) is 81.5 Å². The molecule has 6 fully saturated rings. The highest BCUT2D eigenvalue weighted by molar-refractivity contribution is 6.07. The largest absolute Gasteiger partial charge is 0.454 e. The monoisotopic (exact) mass is 430 g/mol. The zero-order valence-electron chi connectivity index (χ0n) is 18.4. The van der Waals surface area contributed by atoms with Crippen LogP contribution in [0.4, 0.5) is 0 Å². The molecule has 1 heterocycles. The van der Waals surface area contributed by atoms with Crippen molar-refractivity contribution in [2.75, 3.05) is 13.2 Å². The average molecular weight is 431 g/mol. The molecule has 1 saturated heterocycles. The van der Waals surface area contributed by atoms with E-state index in [9.17, 15) is 19.2 Å². The van der Waals surface area contributed by atoms with Crippen LogP contribution in [0.3, 0.4) is 0 Å². The fourth-order valence-corrected chi connectivity index (χ4v) is 7.85. The Hall–Kier alpha value is -1.92. The summed E-state index contributed by atoms with van der Waals surface area (Å²) in [5, 5.41) is 3.08. The van der Waals surface area contributed by atoms with Crippen LogP contribution in [0.5, 0.6) is 0 Å². The third-order valence-electron chi connectivity index (χ3n) is 8.97. The van der Waals surface area contributed by atoms with Gasteiger partial charge in [-0.2, -0.15) is 0 Å². The van der Waals surface area contributed by atoms with Crippen LogP contribution in [0.2, 0.25) is 0 Å². The summed E-state index contributed by atoms with van der Waals surface area (Å²) in [6.45, 7) is 1.34. The van der Waals surface area contributed by atoms with E-state index in [1.165, 1.54) is 38.5 Å². The predicted octanol–water partition coefficient (Wildman–Crippen LogP) is 2.43. The van der Waals surface area contributed by atoms with E-state index < -0.39 is 5.97 Å². The van der Waals surface area contributed by atoms with E-state index >= 15 is 0 Å². The van der Waals surface area contributed by atoms with Gasteiger partial charge in [0.05, 0.1) is 11.8 Å². The number of imide groups is 1. The molecule has 0 spiro atoms. The maximum Gasteiger partial charge on any atom is 0.326 e. The second-order valence-corrected chi connectivity index (χ2v) is 11.0. The van der Waals surface area contributed by atoms with Gasteiger partial charge in [0.1, 0.15) is 6.54 Å². The molecule has 0 unspecified atom stereocenters. The summed E-state index contributed by atoms with van der Waals surface area (Å²) in [4.78, 5) is 50.8. The molecule has 0 aromatic rings. The van der Waals surface area contributed by atoms with E-state index in [0.717, 1.165) is 35.5 Å². The summed E-state index contributed by atoms with van der Waals surface area (Å²) in [7, 11) is 0. The average Bonchev–Trinajstić information content (AvgIpc) is 2.96. The molecule has 0 aromatic carbocycles. The van der Waals surface area contributed by atoms with Crippen molar-refractivity contribution >= 4 is 23.7 Å². The maximum absolute atomic E-state index is 12.5. The molecule has 0 aromatic heterocycles. The van der Waals surface area contributed by atoms with Crippen molar-refractivity contribution in [3.63, 3.8) is 0 Å². The Morgan fingerprint density at radius 1 is 1.00 bits per heavy atom. The number of hydrogen-bond donors (Lipinski definition) is 1. The topological polar surface area (TPSA) is 92.8 Å². The molecule has 3 amide bonds. The zero-order valence-corrected chi connectivity index (χ0v) is 18.4. The molecule has 5 saturated carbocycles. The number of ether oxygens (including phenoxy) is 1. The molecule has 7 nitrogen and oxygen atoms in total. The first-order chi connectivity index (χ1) is 14.8. The minimum absolute atomic E-state index is 0.0666. The van der Waals surface area contributed by atoms with Crippen molar-refractivity contribution in [1.29, 1.82) is 0 Å². The molecular weight excluding hydrogens is 396 g/mol. The van der Waals surface area contributed by atoms with Crippen LogP contribution in [0.1, 0.15) is 71.1 Å². The summed E-state index contributed by atoms with van der Waals surface area (Å²) in [6.07, 6.45) is 11.0. The van der Waals surface area contributed by atoms with Crippen molar-refractivity contribution in [1.82, 2.24) is 10.2 Å². The van der Waals surface area contributed by atoms with E-state index in [1.54, 1.807) is 0 Å². The van der Waals surface area contributed by atoms with Crippen LogP contribution in [0.15, 0.2) is 0 Å². The number of hydrogen-bond acceptors (Lipinski definition) is 5. The Morgan fingerprint density at radius 2 is 1.52 bits per heavy atom. The highest BCUT2D eigenvalue weighted by Gasteiger charge is 2.53. The van der Waals surface area contributed by atoms with Gasteiger partial charge in [0.2, 0.25) is 11.8 Å². The maximum atomic E-state index is 12.5. The van der Waals surface area contributed by atoms with Gasteiger partial charge < -0.3 is 10.1 Å². The molecule has 1 aliphatic heterocycles. The van der Waals surface area contributed by atoms with Gasteiger partial charge in [-0.15, -0.1) is 0 Å². The lowest BCUT2D eigenvalue weighted by molar-refractivity contribution is -0.155. The Bertz CT molecular complexity index is 734. The highest BCUT2D eigenvalue weighted by atomic mass is 16.5. The van der Waals surface area contributed by atoms with Gasteiger partial charge in [-0.3, -0.25) is 24.1 Å². The number of carbonyl (C=O) groups is 4. The lowest BCUT2D eigenvalue weighted by Crippen LogP contribution is -2.56. The minimum atomic E-state index is -0.696. The van der Waals surface area contributed by atoms with E-state index in [1.807, 2.05) is 0 Å². The number of amides is 3. The first-order valence-electron chi connectivity index (χ1n) is 12.1. The number of carbonyl (C=O) groups excluding carboxylic acids is 4. The number of rotatable bonds is 6. The molecule has 170 valence electrons. The van der Waals surface area contributed by atoms with Crippen molar-refractivity contribution < 1.29 is 23.9 Å². The standard InChI is InChI=1S/C24H34N2O5/c1-14(24-9-15-6-16(10-24)8-17(7-15)11-24)25-20(27)13-31-21(28)12-26-22(29)18-4-2-3-5-19(18)23(26)30/h14-19H,2-13H2,1H3,(H,25,27)/t14-,15?,16?,17?,18-,19+,24?/m0/s1. The van der Waals surface area contributed by atoms with Gasteiger partial charge in [0, 0.05) is 6.04 Å². The van der Waals surface area contributed by atoms with E-state index in [4.69, 9.17) is 4.74 Å². The fraction of sp³-hybridized carbons (Fsp3) is 0.833. The molecule has 7 heteroatoms. The van der Waals surface area contributed by atoms with Gasteiger partial charge in [0.15, 0.2) is 6.61 Å². The van der Waals surface area contributed by atoms with Gasteiger partial charge in [-0.1, -0.05) is 12.8 Å². The lowest BCUT2D eigenvalue weighted by atomic mass is 9.48. The Kier molecular flexibility index (Phi) is 5.33. The van der Waals surface area contributed by atoms with E-state index in [0.29, 0.717) is 12.8 Å². The molecule has 0 radical (unpaired) electrons. The second-order valence-electron chi connectivity index (χ2n) is 11.0. The first-order valence-corrected chi connectivity index (χ1v) is 12.1. The van der Waals surface area contributed by atoms with Crippen molar-refractivity contribution in [3.05, 3.63) is 0 Å². The van der Waals surface area contributed by atoms with Crippen molar-refractivity contribution in [3.8, 4) is 0 Å². The van der Waals surface area contributed by atoms with Crippen LogP contribution in [-0.4, -0.2) is 47.8 Å². The SMILES string of the molecule is C[C@H](NC(=O)COC(=O)CN1C(=O)[C@H]2CCCC[C@H]2C1=O)C12CC3CC(CC(C3)C1)C2. The third kappa shape index (κ3) is 3.78. The highest BCUT2D eigenvalue weighted by Crippen LogP contribution is 2.61. The number of nitrogens with zero attached hydrogens (tertiary/aromatic N) is 1. The lowest BCUT2D eigenvalue weighted by Gasteiger charge is -2.59. The van der Waals surface area contributed by atoms with Gasteiger partial charge in [0.25, 0.3) is 5.91 Å². The molecule has 3 atom stereocenters. The number of nitrogens with one attached hydrogen (secondary N) is 1. The minimum Gasteiger partial charge on any atom is -0.454 e. The predicted molar refractivity (Wildman–Crippen MR) is 111 cm³/mol. The third-order valence-corrected chi connectivity index (χ3v) is 8.97. The van der Waals surface area contributed by atoms with Gasteiger partial charge in [-0.25, -0.2) is 0 Å². The first kappa shape index (κ1) is 21.0. The number of fused-ring (bicyclic) bond motifs is 1. The van der Waals surface area contributed by atoms with Crippen LogP contribution in [0.25, 0.3) is 0 Å². The Labute approximate surface area is 183 Å². The molecular formula is C24H34N2O5. The van der Waals surface area contributed by atoms with E-state index in [2.05, 4.69) is 12.2 Å². The quantitative estimate of drug-likeness (QED) is 0.516. The normalized spacial score (nSPS) is 39.4. The molecule has 4 bridgehead atoms. The fourth-order valence-electron chi connectivity index (χ4n) is 7.85. The van der Waals surface area contributed by atoms with Crippen LogP contribution >= 0.6 is 0 Å². The van der Waals surface area contributed by atoms with Gasteiger partial charge >= 0.3 is 5.97 Å². The summed E-state index contributed by atoms with van der Waals surface area (Å²) in [5.41, 5.74) is 0.194. The van der Waals surface area contributed by atoms with Crippen LogP contribution in [-0.2, 0) is 23.9 Å². The summed E-state index contributed by atoms with van der Waals surface area (Å²) < 4.78 is 5.14. The van der Waals surface area contributed by atoms with Crippen LogP contribution in [0, 0.1) is 35.0 Å². The Morgan fingerprint density at radius 3 is 2.03 bits per heavy atom. The van der Waals surface area contributed by atoms with Crippen LogP contribution < -0.4 is 5.32 Å². The number of esters is 1. The summed E-state index contributed by atoms with van der Waals surface area (Å²) >= 11 is 0. The molecule has 31 heavy (non-hydrogen) atoms. The van der Waals surface area contributed by atoms with E-state index in [-0.39, 0.29) is 54.2 Å². The molecule has 1 N–H and O–H groups in total. The molecule has 6 rings (SSSR count). The summed E-state index contributed by atoms with van der Waals surface area (Å²) in [5.74, 6) is 0.352. The zero-order chi connectivity index (χ0) is 21.8. The smallest absolute Gasteiger partial charge is 0.326 e. The van der Waals surface area contributed by atoms with Crippen molar-refractivity contribution in [2.24, 2.45) is 35.0 Å². The van der Waals surface area contributed by atoms with Crippen molar-refractivity contribution in [2.45, 2.75) is 77.2 Å². The molecule has 6 aliphatic rings.